The topological polar surface area (TPSA) is 88.8 Å². The fourth-order valence-corrected chi connectivity index (χ4v) is 4.30. The van der Waals surface area contributed by atoms with Crippen LogP contribution in [0.1, 0.15) is 33.6 Å². The average Bonchev–Trinajstić information content (AvgIpc) is 3.10. The van der Waals surface area contributed by atoms with E-state index in [-0.39, 0.29) is 12.1 Å². The molecule has 2 N–H and O–H groups in total. The molecule has 3 amide bonds. The van der Waals surface area contributed by atoms with Crippen molar-refractivity contribution in [1.82, 2.24) is 9.88 Å². The molecule has 156 valence electrons. The predicted molar refractivity (Wildman–Crippen MR) is 118 cm³/mol. The van der Waals surface area contributed by atoms with Crippen molar-refractivity contribution < 1.29 is 14.3 Å². The lowest BCUT2D eigenvalue weighted by Gasteiger charge is -2.38. The second kappa shape index (κ2) is 8.71. The van der Waals surface area contributed by atoms with Gasteiger partial charge < -0.3 is 15.4 Å². The highest BCUT2D eigenvalue weighted by Gasteiger charge is 2.33. The molecule has 1 aliphatic rings. The first kappa shape index (κ1) is 21.6. The predicted octanol–water partition coefficient (Wildman–Crippen LogP) is 4.86. The van der Waals surface area contributed by atoms with Crippen molar-refractivity contribution in [3.05, 3.63) is 34.1 Å². The van der Waals surface area contributed by atoms with E-state index in [0.717, 1.165) is 27.9 Å². The Labute approximate surface area is 183 Å². The van der Waals surface area contributed by atoms with Crippen LogP contribution in [0, 0.1) is 0 Å². The molecule has 7 nitrogen and oxygen atoms in total. The van der Waals surface area contributed by atoms with Gasteiger partial charge in [0.05, 0.1) is 6.04 Å². The first-order chi connectivity index (χ1) is 13.6. The van der Waals surface area contributed by atoms with Gasteiger partial charge in [0.25, 0.3) is 0 Å². The SMILES string of the molecule is CC(C)(C)OC(=O)N1CCC[C@H](N(C(N)=O)c2csc(-c3ccc(Br)cc3)n2)C1. The maximum absolute atomic E-state index is 12.5. The summed E-state index contributed by atoms with van der Waals surface area (Å²) in [6.07, 6.45) is 1.13. The summed E-state index contributed by atoms with van der Waals surface area (Å²) >= 11 is 4.88. The summed E-state index contributed by atoms with van der Waals surface area (Å²) in [6, 6.07) is 7.00. The number of anilines is 1. The Hall–Kier alpha value is -2.13. The molecular formula is C20H25BrN4O3S. The minimum absolute atomic E-state index is 0.242. The molecule has 1 aromatic carbocycles. The fraction of sp³-hybridized carbons (Fsp3) is 0.450. The van der Waals surface area contributed by atoms with E-state index in [2.05, 4.69) is 20.9 Å². The number of ether oxygens (including phenoxy) is 1. The average molecular weight is 481 g/mol. The highest BCUT2D eigenvalue weighted by Crippen LogP contribution is 2.31. The Bertz CT molecular complexity index is 879. The standard InChI is InChI=1S/C20H25BrN4O3S/c1-20(2,3)28-19(27)24-10-4-5-15(11-24)25(18(22)26)16-12-29-17(23-16)13-6-8-14(21)9-7-13/h6-9,12,15H,4-5,10-11H2,1-3H3,(H2,22,26)/t15-/m0/s1. The molecular weight excluding hydrogens is 456 g/mol. The number of benzene rings is 1. The zero-order valence-corrected chi connectivity index (χ0v) is 19.1. The molecule has 0 bridgehead atoms. The number of hydrogen-bond donors (Lipinski definition) is 1. The van der Waals surface area contributed by atoms with E-state index in [1.54, 1.807) is 4.90 Å². The molecule has 2 aromatic rings. The van der Waals surface area contributed by atoms with Crippen LogP contribution in [-0.2, 0) is 4.74 Å². The van der Waals surface area contributed by atoms with Crippen LogP contribution in [0.25, 0.3) is 10.6 Å². The lowest BCUT2D eigenvalue weighted by molar-refractivity contribution is 0.0199. The number of piperidine rings is 1. The number of rotatable bonds is 3. The second-order valence-electron chi connectivity index (χ2n) is 7.95. The Kier molecular flexibility index (Phi) is 6.48. The molecule has 1 aliphatic heterocycles. The summed E-state index contributed by atoms with van der Waals surface area (Å²) in [6.45, 7) is 6.46. The minimum Gasteiger partial charge on any atom is -0.444 e. The van der Waals surface area contributed by atoms with E-state index in [4.69, 9.17) is 10.5 Å². The second-order valence-corrected chi connectivity index (χ2v) is 9.72. The molecule has 2 heterocycles. The molecule has 0 aliphatic carbocycles. The number of urea groups is 1. The van der Waals surface area contributed by atoms with Gasteiger partial charge in [0, 0.05) is 28.5 Å². The summed E-state index contributed by atoms with van der Waals surface area (Å²) in [7, 11) is 0. The van der Waals surface area contributed by atoms with E-state index in [9.17, 15) is 9.59 Å². The molecule has 1 atom stereocenters. The number of likely N-dealkylation sites (tertiary alicyclic amines) is 1. The molecule has 0 unspecified atom stereocenters. The number of carbonyl (C=O) groups is 2. The monoisotopic (exact) mass is 480 g/mol. The van der Waals surface area contributed by atoms with Crippen LogP contribution in [0.3, 0.4) is 0 Å². The molecule has 0 radical (unpaired) electrons. The summed E-state index contributed by atoms with van der Waals surface area (Å²) in [5, 5.41) is 2.63. The van der Waals surface area contributed by atoms with Gasteiger partial charge in [0.2, 0.25) is 0 Å². The molecule has 1 aromatic heterocycles. The summed E-state index contributed by atoms with van der Waals surface area (Å²) in [5.74, 6) is 0.511. The van der Waals surface area contributed by atoms with Crippen LogP contribution in [-0.4, -0.2) is 46.7 Å². The molecule has 1 fully saturated rings. The number of nitrogens with zero attached hydrogens (tertiary/aromatic N) is 3. The normalized spacial score (nSPS) is 17.1. The highest BCUT2D eigenvalue weighted by atomic mass is 79.9. The number of hydrogen-bond acceptors (Lipinski definition) is 5. The van der Waals surface area contributed by atoms with Gasteiger partial charge in [-0.25, -0.2) is 14.6 Å². The molecule has 9 heteroatoms. The van der Waals surface area contributed by atoms with Crippen LogP contribution < -0.4 is 10.6 Å². The third kappa shape index (κ3) is 5.48. The molecule has 3 rings (SSSR count). The molecule has 1 saturated heterocycles. The summed E-state index contributed by atoms with van der Waals surface area (Å²) < 4.78 is 6.47. The lowest BCUT2D eigenvalue weighted by Crippen LogP contribution is -2.54. The molecule has 0 saturated carbocycles. The van der Waals surface area contributed by atoms with Gasteiger partial charge in [-0.05, 0) is 45.7 Å². The van der Waals surface area contributed by atoms with Crippen LogP contribution in [0.2, 0.25) is 0 Å². The number of halogens is 1. The molecule has 29 heavy (non-hydrogen) atoms. The third-order valence-corrected chi connectivity index (χ3v) is 5.89. The van der Waals surface area contributed by atoms with Crippen LogP contribution in [0.5, 0.6) is 0 Å². The minimum atomic E-state index is -0.575. The smallest absolute Gasteiger partial charge is 0.410 e. The van der Waals surface area contributed by atoms with E-state index >= 15 is 0 Å². The highest BCUT2D eigenvalue weighted by molar-refractivity contribution is 9.10. The Morgan fingerprint density at radius 2 is 2.00 bits per heavy atom. The number of nitrogens with two attached hydrogens (primary N) is 1. The lowest BCUT2D eigenvalue weighted by atomic mass is 10.0. The zero-order chi connectivity index (χ0) is 21.2. The van der Waals surface area contributed by atoms with Gasteiger partial charge in [-0.15, -0.1) is 11.3 Å². The van der Waals surface area contributed by atoms with E-state index in [1.165, 1.54) is 16.2 Å². The fourth-order valence-electron chi connectivity index (χ4n) is 3.24. The Balaban J connectivity index is 1.78. The Morgan fingerprint density at radius 3 is 2.62 bits per heavy atom. The summed E-state index contributed by atoms with van der Waals surface area (Å²) in [4.78, 5) is 32.5. The van der Waals surface area contributed by atoms with Gasteiger partial charge in [-0.3, -0.25) is 4.90 Å². The van der Waals surface area contributed by atoms with Crippen molar-refractivity contribution in [1.29, 1.82) is 0 Å². The van der Waals surface area contributed by atoms with Gasteiger partial charge in [0.15, 0.2) is 0 Å². The third-order valence-electron chi connectivity index (χ3n) is 4.48. The number of amides is 3. The van der Waals surface area contributed by atoms with Gasteiger partial charge in [-0.1, -0.05) is 28.1 Å². The van der Waals surface area contributed by atoms with Crippen molar-refractivity contribution in [2.45, 2.75) is 45.3 Å². The first-order valence-electron chi connectivity index (χ1n) is 9.42. The van der Waals surface area contributed by atoms with Crippen molar-refractivity contribution in [2.75, 3.05) is 18.0 Å². The van der Waals surface area contributed by atoms with Crippen LogP contribution in [0.4, 0.5) is 15.4 Å². The number of carbonyl (C=O) groups excluding carboxylic acids is 2. The van der Waals surface area contributed by atoms with Crippen molar-refractivity contribution in [3.8, 4) is 10.6 Å². The number of aromatic nitrogens is 1. The Morgan fingerprint density at radius 1 is 1.31 bits per heavy atom. The number of thiazole rings is 1. The van der Waals surface area contributed by atoms with Gasteiger partial charge in [0.1, 0.15) is 16.4 Å². The first-order valence-corrected chi connectivity index (χ1v) is 11.1. The molecule has 0 spiro atoms. The maximum Gasteiger partial charge on any atom is 0.410 e. The quantitative estimate of drug-likeness (QED) is 0.679. The number of primary amides is 1. The largest absolute Gasteiger partial charge is 0.444 e. The van der Waals surface area contributed by atoms with E-state index in [1.807, 2.05) is 50.4 Å². The van der Waals surface area contributed by atoms with Crippen molar-refractivity contribution in [2.24, 2.45) is 5.73 Å². The van der Waals surface area contributed by atoms with Gasteiger partial charge >= 0.3 is 12.1 Å². The summed E-state index contributed by atoms with van der Waals surface area (Å²) in [5.41, 5.74) is 6.10. The van der Waals surface area contributed by atoms with E-state index in [0.29, 0.717) is 18.9 Å². The van der Waals surface area contributed by atoms with Crippen molar-refractivity contribution in [3.63, 3.8) is 0 Å². The van der Waals surface area contributed by atoms with E-state index < -0.39 is 11.6 Å². The van der Waals surface area contributed by atoms with Crippen LogP contribution in [0.15, 0.2) is 34.1 Å². The van der Waals surface area contributed by atoms with Crippen LogP contribution >= 0.6 is 27.3 Å². The maximum atomic E-state index is 12.5. The zero-order valence-electron chi connectivity index (χ0n) is 16.7. The van der Waals surface area contributed by atoms with Crippen molar-refractivity contribution >= 4 is 45.2 Å². The van der Waals surface area contributed by atoms with Gasteiger partial charge in [-0.2, -0.15) is 0 Å².